The van der Waals surface area contributed by atoms with Crippen LogP contribution in [-0.4, -0.2) is 15.0 Å². The Hall–Kier alpha value is -2.43. The van der Waals surface area contributed by atoms with E-state index in [1.54, 1.807) is 24.5 Å². The molecular weight excluding hydrogens is 219 g/mol. The summed E-state index contributed by atoms with van der Waals surface area (Å²) in [5, 5.41) is 0.907. The summed E-state index contributed by atoms with van der Waals surface area (Å²) in [5.41, 5.74) is 7.88. The van der Waals surface area contributed by atoms with Crippen LogP contribution in [0.25, 0.3) is 22.2 Å². The number of nitrogens with zero attached hydrogens (tertiary/aromatic N) is 2. The van der Waals surface area contributed by atoms with Gasteiger partial charge in [0.15, 0.2) is 0 Å². The van der Waals surface area contributed by atoms with Crippen LogP contribution in [0.1, 0.15) is 0 Å². The van der Waals surface area contributed by atoms with Crippen LogP contribution < -0.4 is 5.73 Å². The van der Waals surface area contributed by atoms with Gasteiger partial charge in [-0.05, 0) is 24.3 Å². The molecule has 2 heterocycles. The van der Waals surface area contributed by atoms with E-state index in [2.05, 4.69) is 15.0 Å². The van der Waals surface area contributed by atoms with Crippen molar-refractivity contribution >= 4 is 16.9 Å². The van der Waals surface area contributed by atoms with Crippen molar-refractivity contribution in [1.29, 1.82) is 0 Å². The number of aromatic amines is 1. The molecule has 3 rings (SSSR count). The average Bonchev–Trinajstić information content (AvgIpc) is 2.71. The first-order valence-electron chi connectivity index (χ1n) is 5.09. The Bertz CT molecular complexity index is 690. The maximum atomic E-state index is 13.0. The van der Waals surface area contributed by atoms with Crippen molar-refractivity contribution in [2.45, 2.75) is 0 Å². The fraction of sp³-hybridized carbons (Fsp3) is 0. The zero-order chi connectivity index (χ0) is 11.8. The van der Waals surface area contributed by atoms with E-state index in [-0.39, 0.29) is 11.8 Å². The van der Waals surface area contributed by atoms with Gasteiger partial charge < -0.3 is 10.7 Å². The number of nitrogens with one attached hydrogen (secondary N) is 1. The van der Waals surface area contributed by atoms with Gasteiger partial charge in [-0.1, -0.05) is 0 Å². The van der Waals surface area contributed by atoms with Gasteiger partial charge in [0, 0.05) is 28.9 Å². The Morgan fingerprint density at radius 1 is 1.24 bits per heavy atom. The zero-order valence-electron chi connectivity index (χ0n) is 8.81. The zero-order valence-corrected chi connectivity index (χ0v) is 8.81. The van der Waals surface area contributed by atoms with Gasteiger partial charge in [0.1, 0.15) is 5.82 Å². The minimum absolute atomic E-state index is 0.221. The van der Waals surface area contributed by atoms with Crippen molar-refractivity contribution in [1.82, 2.24) is 15.0 Å². The normalized spacial score (nSPS) is 10.9. The topological polar surface area (TPSA) is 67.6 Å². The number of hydrogen-bond acceptors (Lipinski definition) is 3. The second kappa shape index (κ2) is 3.55. The molecule has 0 unspecified atom stereocenters. The van der Waals surface area contributed by atoms with Crippen molar-refractivity contribution in [3.63, 3.8) is 0 Å². The summed E-state index contributed by atoms with van der Waals surface area (Å²) in [6.07, 6.45) is 3.38. The van der Waals surface area contributed by atoms with Gasteiger partial charge >= 0.3 is 0 Å². The molecule has 4 nitrogen and oxygen atoms in total. The van der Waals surface area contributed by atoms with E-state index in [9.17, 15) is 4.39 Å². The number of rotatable bonds is 1. The van der Waals surface area contributed by atoms with E-state index in [0.717, 1.165) is 22.2 Å². The molecule has 3 aromatic rings. The molecule has 3 N–H and O–H groups in total. The third kappa shape index (κ3) is 1.61. The molecule has 0 aliphatic rings. The highest BCUT2D eigenvalue weighted by atomic mass is 19.1. The average molecular weight is 228 g/mol. The lowest BCUT2D eigenvalue weighted by molar-refractivity contribution is 0.629. The van der Waals surface area contributed by atoms with E-state index in [0.29, 0.717) is 0 Å². The van der Waals surface area contributed by atoms with Gasteiger partial charge in [-0.25, -0.2) is 14.4 Å². The van der Waals surface area contributed by atoms with E-state index < -0.39 is 0 Å². The lowest BCUT2D eigenvalue weighted by atomic mass is 10.1. The molecule has 2 aromatic heterocycles. The van der Waals surface area contributed by atoms with E-state index in [1.807, 2.05) is 0 Å². The van der Waals surface area contributed by atoms with Gasteiger partial charge in [-0.15, -0.1) is 0 Å². The van der Waals surface area contributed by atoms with Gasteiger partial charge in [0.2, 0.25) is 5.95 Å². The molecule has 0 atom stereocenters. The standard InChI is InChI=1S/C12H9FN4/c13-7-1-2-8-9(6-16-11(8)5-7)10-3-4-15-12(14)17-10/h1-6,16H,(H2,14,15,17). The molecule has 5 heteroatoms. The highest BCUT2D eigenvalue weighted by molar-refractivity contribution is 5.94. The van der Waals surface area contributed by atoms with Crippen LogP contribution in [0.2, 0.25) is 0 Å². The molecule has 0 radical (unpaired) electrons. The Morgan fingerprint density at radius 2 is 2.12 bits per heavy atom. The van der Waals surface area contributed by atoms with Gasteiger partial charge in [-0.3, -0.25) is 0 Å². The summed E-state index contributed by atoms with van der Waals surface area (Å²) < 4.78 is 13.0. The van der Waals surface area contributed by atoms with Crippen LogP contribution in [0.3, 0.4) is 0 Å². The predicted octanol–water partition coefficient (Wildman–Crippen LogP) is 2.35. The number of anilines is 1. The van der Waals surface area contributed by atoms with Crippen LogP contribution in [0, 0.1) is 5.82 Å². The minimum atomic E-state index is -0.270. The number of H-pyrrole nitrogens is 1. The molecule has 17 heavy (non-hydrogen) atoms. The summed E-state index contributed by atoms with van der Waals surface area (Å²) in [6.45, 7) is 0. The fourth-order valence-electron chi connectivity index (χ4n) is 1.83. The Morgan fingerprint density at radius 3 is 2.94 bits per heavy atom. The number of fused-ring (bicyclic) bond motifs is 1. The van der Waals surface area contributed by atoms with Gasteiger partial charge in [0.25, 0.3) is 0 Å². The van der Waals surface area contributed by atoms with E-state index in [4.69, 9.17) is 5.73 Å². The Balaban J connectivity index is 2.24. The summed E-state index contributed by atoms with van der Waals surface area (Å²) in [5.74, 6) is -0.0490. The maximum absolute atomic E-state index is 13.0. The molecule has 0 spiro atoms. The molecule has 0 aliphatic carbocycles. The van der Waals surface area contributed by atoms with Crippen molar-refractivity contribution in [3.8, 4) is 11.3 Å². The number of hydrogen-bond donors (Lipinski definition) is 2. The maximum Gasteiger partial charge on any atom is 0.220 e. The number of halogens is 1. The number of benzene rings is 1. The third-order valence-electron chi connectivity index (χ3n) is 2.59. The molecule has 0 bridgehead atoms. The fourth-order valence-corrected chi connectivity index (χ4v) is 1.83. The number of aromatic nitrogens is 3. The summed E-state index contributed by atoms with van der Waals surface area (Å²) in [6, 6.07) is 6.35. The van der Waals surface area contributed by atoms with Crippen LogP contribution in [-0.2, 0) is 0 Å². The highest BCUT2D eigenvalue weighted by Gasteiger charge is 2.08. The first-order chi connectivity index (χ1) is 8.24. The lowest BCUT2D eigenvalue weighted by Crippen LogP contribution is -1.94. The molecular formula is C12H9FN4. The van der Waals surface area contributed by atoms with Crippen molar-refractivity contribution in [3.05, 3.63) is 42.5 Å². The molecule has 0 saturated carbocycles. The first-order valence-corrected chi connectivity index (χ1v) is 5.09. The van der Waals surface area contributed by atoms with Crippen molar-refractivity contribution < 1.29 is 4.39 Å². The molecule has 1 aromatic carbocycles. The van der Waals surface area contributed by atoms with Crippen molar-refractivity contribution in [2.24, 2.45) is 0 Å². The van der Waals surface area contributed by atoms with Gasteiger partial charge in [-0.2, -0.15) is 0 Å². The van der Waals surface area contributed by atoms with Crippen LogP contribution in [0.15, 0.2) is 36.7 Å². The highest BCUT2D eigenvalue weighted by Crippen LogP contribution is 2.27. The lowest BCUT2D eigenvalue weighted by Gasteiger charge is -1.99. The van der Waals surface area contributed by atoms with Crippen LogP contribution >= 0.6 is 0 Å². The van der Waals surface area contributed by atoms with Gasteiger partial charge in [0.05, 0.1) is 5.69 Å². The summed E-state index contributed by atoms with van der Waals surface area (Å²) in [4.78, 5) is 11.0. The Kier molecular flexibility index (Phi) is 2.04. The number of nitrogen functional groups attached to an aromatic ring is 1. The minimum Gasteiger partial charge on any atom is -0.368 e. The summed E-state index contributed by atoms with van der Waals surface area (Å²) in [7, 11) is 0. The predicted molar refractivity (Wildman–Crippen MR) is 63.7 cm³/mol. The molecule has 0 amide bonds. The van der Waals surface area contributed by atoms with Crippen molar-refractivity contribution in [2.75, 3.05) is 5.73 Å². The molecule has 0 aliphatic heterocycles. The Labute approximate surface area is 96.3 Å². The quantitative estimate of drug-likeness (QED) is 0.671. The van der Waals surface area contributed by atoms with Crippen LogP contribution in [0.4, 0.5) is 10.3 Å². The summed E-state index contributed by atoms with van der Waals surface area (Å²) >= 11 is 0. The molecule has 0 fully saturated rings. The molecule has 0 saturated heterocycles. The number of nitrogens with two attached hydrogens (primary N) is 1. The second-order valence-corrected chi connectivity index (χ2v) is 3.69. The first kappa shape index (κ1) is 9.77. The molecule has 84 valence electrons. The largest absolute Gasteiger partial charge is 0.368 e. The smallest absolute Gasteiger partial charge is 0.220 e. The monoisotopic (exact) mass is 228 g/mol. The SMILES string of the molecule is Nc1nccc(-c2c[nH]c3cc(F)ccc23)n1. The second-order valence-electron chi connectivity index (χ2n) is 3.69. The third-order valence-corrected chi connectivity index (χ3v) is 2.59. The van der Waals surface area contributed by atoms with E-state index in [1.165, 1.54) is 12.1 Å². The van der Waals surface area contributed by atoms with Crippen LogP contribution in [0.5, 0.6) is 0 Å². The van der Waals surface area contributed by atoms with E-state index >= 15 is 0 Å².